The third kappa shape index (κ3) is 4.18. The molecule has 0 atom stereocenters. The van der Waals surface area contributed by atoms with Crippen LogP contribution in [0.4, 0.5) is 0 Å². The van der Waals surface area contributed by atoms with Gasteiger partial charge in [-0.25, -0.2) is 4.98 Å². The number of methoxy groups -OCH3 is 2. The molecule has 2 aromatic heterocycles. The lowest BCUT2D eigenvalue weighted by molar-refractivity contribution is 0.393. The summed E-state index contributed by atoms with van der Waals surface area (Å²) >= 11 is 1.40. The van der Waals surface area contributed by atoms with Crippen LogP contribution in [0, 0.1) is 13.8 Å². The normalized spacial score (nSPS) is 10.9. The van der Waals surface area contributed by atoms with Crippen LogP contribution in [0.3, 0.4) is 0 Å². The van der Waals surface area contributed by atoms with E-state index in [1.54, 1.807) is 26.5 Å². The minimum absolute atomic E-state index is 0.383. The number of nitrogens with zero attached hydrogens (tertiary/aromatic N) is 3. The molecule has 7 nitrogen and oxygen atoms in total. The number of aromatic nitrogens is 3. The molecule has 154 valence electrons. The van der Waals surface area contributed by atoms with Gasteiger partial charge in [0.15, 0.2) is 0 Å². The molecule has 0 spiro atoms. The van der Waals surface area contributed by atoms with Crippen molar-refractivity contribution in [1.29, 1.82) is 0 Å². The highest BCUT2D eigenvalue weighted by Gasteiger charge is 2.16. The summed E-state index contributed by atoms with van der Waals surface area (Å²) in [5, 5.41) is 8.69. The van der Waals surface area contributed by atoms with Gasteiger partial charge in [0.2, 0.25) is 5.89 Å². The van der Waals surface area contributed by atoms with Gasteiger partial charge in [-0.3, -0.25) is 0 Å². The maximum Gasteiger partial charge on any atom is 0.277 e. The summed E-state index contributed by atoms with van der Waals surface area (Å²) in [6.07, 6.45) is 1.66. The van der Waals surface area contributed by atoms with Gasteiger partial charge in [0.25, 0.3) is 11.1 Å². The fourth-order valence-electron chi connectivity index (χ4n) is 3.04. The molecule has 2 heterocycles. The lowest BCUT2D eigenvalue weighted by Gasteiger charge is -2.07. The van der Waals surface area contributed by atoms with Crippen molar-refractivity contribution in [2.24, 2.45) is 0 Å². The van der Waals surface area contributed by atoms with Gasteiger partial charge in [0.05, 0.1) is 25.5 Å². The van der Waals surface area contributed by atoms with Crippen LogP contribution in [0.25, 0.3) is 22.9 Å². The van der Waals surface area contributed by atoms with Crippen molar-refractivity contribution in [3.63, 3.8) is 0 Å². The van der Waals surface area contributed by atoms with Crippen molar-refractivity contribution < 1.29 is 18.3 Å². The minimum atomic E-state index is 0.383. The first-order valence-electron chi connectivity index (χ1n) is 9.28. The monoisotopic (exact) mass is 423 g/mol. The Hall–Kier alpha value is -3.26. The first-order valence-corrected chi connectivity index (χ1v) is 10.3. The maximum absolute atomic E-state index is 5.79. The van der Waals surface area contributed by atoms with E-state index in [-0.39, 0.29) is 0 Å². The molecule has 0 aliphatic carbocycles. The van der Waals surface area contributed by atoms with Crippen LogP contribution in [-0.4, -0.2) is 29.4 Å². The standard InChI is InChI=1S/C22H21N3O4S/c1-13-5-7-17(14(2)9-13)20-23-15(11-28-20)12-30-22-25-24-21(29-22)18-8-6-16(26-3)10-19(18)27-4/h5-11H,12H2,1-4H3. The number of hydrogen-bond acceptors (Lipinski definition) is 8. The summed E-state index contributed by atoms with van der Waals surface area (Å²) in [5.41, 5.74) is 4.84. The Bertz CT molecular complexity index is 1170. The SMILES string of the molecule is COc1ccc(-c2nnc(SCc3coc(-c4ccc(C)cc4C)n3)o2)c(OC)c1. The average molecular weight is 423 g/mol. The number of ether oxygens (including phenoxy) is 2. The second-order valence-electron chi connectivity index (χ2n) is 6.69. The topological polar surface area (TPSA) is 83.4 Å². The molecular formula is C22H21N3O4S. The summed E-state index contributed by atoms with van der Waals surface area (Å²) in [4.78, 5) is 4.59. The van der Waals surface area contributed by atoms with E-state index in [0.717, 1.165) is 16.8 Å². The van der Waals surface area contributed by atoms with Crippen LogP contribution in [0.2, 0.25) is 0 Å². The molecule has 4 aromatic rings. The van der Waals surface area contributed by atoms with Gasteiger partial charge in [-0.05, 0) is 37.6 Å². The Morgan fingerprint density at radius 1 is 0.933 bits per heavy atom. The van der Waals surface area contributed by atoms with Crippen LogP contribution in [0.5, 0.6) is 11.5 Å². The summed E-state index contributed by atoms with van der Waals surface area (Å²) < 4.78 is 22.1. The van der Waals surface area contributed by atoms with Crippen LogP contribution in [0.15, 0.2) is 56.7 Å². The molecule has 0 radical (unpaired) electrons. The van der Waals surface area contributed by atoms with E-state index in [1.807, 2.05) is 31.2 Å². The number of hydrogen-bond donors (Lipinski definition) is 0. The summed E-state index contributed by atoms with van der Waals surface area (Å²) in [7, 11) is 3.19. The molecule has 2 aromatic carbocycles. The fraction of sp³-hybridized carbons (Fsp3) is 0.227. The largest absolute Gasteiger partial charge is 0.497 e. The summed E-state index contributed by atoms with van der Waals surface area (Å²) in [5.74, 6) is 2.83. The minimum Gasteiger partial charge on any atom is -0.497 e. The zero-order valence-electron chi connectivity index (χ0n) is 17.1. The van der Waals surface area contributed by atoms with E-state index in [0.29, 0.717) is 39.8 Å². The van der Waals surface area contributed by atoms with Crippen molar-refractivity contribution in [2.75, 3.05) is 14.2 Å². The van der Waals surface area contributed by atoms with Crippen molar-refractivity contribution in [1.82, 2.24) is 15.2 Å². The number of rotatable bonds is 7. The summed E-state index contributed by atoms with van der Waals surface area (Å²) in [6.45, 7) is 4.11. The molecule has 0 unspecified atom stereocenters. The third-order valence-electron chi connectivity index (χ3n) is 4.55. The Morgan fingerprint density at radius 3 is 2.53 bits per heavy atom. The fourth-order valence-corrected chi connectivity index (χ4v) is 3.68. The maximum atomic E-state index is 5.79. The van der Waals surface area contributed by atoms with Crippen molar-refractivity contribution in [3.05, 3.63) is 59.5 Å². The molecule has 4 rings (SSSR count). The van der Waals surface area contributed by atoms with Gasteiger partial charge in [-0.2, -0.15) is 0 Å². The van der Waals surface area contributed by atoms with E-state index in [9.17, 15) is 0 Å². The third-order valence-corrected chi connectivity index (χ3v) is 5.41. The lowest BCUT2D eigenvalue weighted by Crippen LogP contribution is -1.90. The Kier molecular flexibility index (Phi) is 5.76. The van der Waals surface area contributed by atoms with Crippen molar-refractivity contribution in [3.8, 4) is 34.4 Å². The predicted molar refractivity (Wildman–Crippen MR) is 114 cm³/mol. The number of thioether (sulfide) groups is 1. The van der Waals surface area contributed by atoms with Gasteiger partial charge in [0, 0.05) is 17.4 Å². The first kappa shape index (κ1) is 20.0. The molecule has 0 saturated carbocycles. The quantitative estimate of drug-likeness (QED) is 0.369. The van der Waals surface area contributed by atoms with Gasteiger partial charge >= 0.3 is 0 Å². The van der Waals surface area contributed by atoms with Gasteiger partial charge in [-0.15, -0.1) is 10.2 Å². The van der Waals surface area contributed by atoms with Gasteiger partial charge in [0.1, 0.15) is 17.8 Å². The Morgan fingerprint density at radius 2 is 1.77 bits per heavy atom. The van der Waals surface area contributed by atoms with Gasteiger partial charge < -0.3 is 18.3 Å². The molecule has 0 bridgehead atoms. The molecule has 0 aliphatic rings. The molecular weight excluding hydrogens is 402 g/mol. The highest BCUT2D eigenvalue weighted by atomic mass is 32.2. The molecule has 30 heavy (non-hydrogen) atoms. The second-order valence-corrected chi connectivity index (χ2v) is 7.62. The van der Waals surface area contributed by atoms with Crippen LogP contribution >= 0.6 is 11.8 Å². The lowest BCUT2D eigenvalue weighted by atomic mass is 10.1. The second kappa shape index (κ2) is 8.62. The van der Waals surface area contributed by atoms with E-state index in [1.165, 1.54) is 17.3 Å². The van der Waals surface area contributed by atoms with Gasteiger partial charge in [-0.1, -0.05) is 29.5 Å². The van der Waals surface area contributed by atoms with Crippen molar-refractivity contribution in [2.45, 2.75) is 24.8 Å². The summed E-state index contributed by atoms with van der Waals surface area (Å²) in [6, 6.07) is 11.6. The Labute approximate surface area is 178 Å². The number of benzene rings is 2. The number of oxazole rings is 1. The molecule has 0 saturated heterocycles. The van der Waals surface area contributed by atoms with E-state index >= 15 is 0 Å². The molecule has 0 amide bonds. The Balaban J connectivity index is 1.46. The predicted octanol–water partition coefficient (Wildman–Crippen LogP) is 5.32. The van der Waals surface area contributed by atoms with E-state index < -0.39 is 0 Å². The highest BCUT2D eigenvalue weighted by molar-refractivity contribution is 7.98. The molecule has 0 N–H and O–H groups in total. The smallest absolute Gasteiger partial charge is 0.277 e. The van der Waals surface area contributed by atoms with Crippen molar-refractivity contribution >= 4 is 11.8 Å². The zero-order valence-corrected chi connectivity index (χ0v) is 17.9. The number of aryl methyl sites for hydroxylation is 2. The average Bonchev–Trinajstić information content (AvgIpc) is 3.41. The molecule has 0 aliphatic heterocycles. The van der Waals surface area contributed by atoms with Crippen LogP contribution in [-0.2, 0) is 5.75 Å². The molecule has 8 heteroatoms. The van der Waals surface area contributed by atoms with Crippen LogP contribution in [0.1, 0.15) is 16.8 Å². The van der Waals surface area contributed by atoms with Crippen LogP contribution < -0.4 is 9.47 Å². The highest BCUT2D eigenvalue weighted by Crippen LogP contribution is 2.34. The zero-order chi connectivity index (χ0) is 21.1. The van der Waals surface area contributed by atoms with E-state index in [2.05, 4.69) is 28.2 Å². The molecule has 0 fully saturated rings. The van der Waals surface area contributed by atoms with E-state index in [4.69, 9.17) is 18.3 Å². The first-order chi connectivity index (χ1) is 14.6.